The normalized spacial score (nSPS) is 14.9. The molecule has 5 rings (SSSR count). The summed E-state index contributed by atoms with van der Waals surface area (Å²) in [5, 5.41) is 23.8. The van der Waals surface area contributed by atoms with Gasteiger partial charge >= 0.3 is 0 Å². The lowest BCUT2D eigenvalue weighted by molar-refractivity contribution is -0.128. The van der Waals surface area contributed by atoms with Gasteiger partial charge in [0.15, 0.2) is 0 Å². The van der Waals surface area contributed by atoms with Crippen LogP contribution in [0.1, 0.15) is 34.9 Å². The molecule has 2 aromatic heterocycles. The van der Waals surface area contributed by atoms with Gasteiger partial charge in [-0.05, 0) is 42.4 Å². The van der Waals surface area contributed by atoms with Crippen LogP contribution in [-0.4, -0.2) is 47.5 Å². The fourth-order valence-electron chi connectivity index (χ4n) is 4.60. The second-order valence-electron chi connectivity index (χ2n) is 9.52. The van der Waals surface area contributed by atoms with Crippen LogP contribution >= 0.6 is 11.3 Å². The van der Waals surface area contributed by atoms with Crippen molar-refractivity contribution in [2.75, 3.05) is 25.2 Å². The van der Waals surface area contributed by atoms with Gasteiger partial charge in [0.1, 0.15) is 28.8 Å². The summed E-state index contributed by atoms with van der Waals surface area (Å²) >= 11 is 1.77. The molecular formula is C29H34N6O3S. The van der Waals surface area contributed by atoms with Crippen molar-refractivity contribution in [3.05, 3.63) is 70.4 Å². The van der Waals surface area contributed by atoms with Crippen LogP contribution < -0.4 is 21.1 Å². The summed E-state index contributed by atoms with van der Waals surface area (Å²) in [5.41, 5.74) is 10.2. The summed E-state index contributed by atoms with van der Waals surface area (Å²) in [5.74, 6) is 1.77. The van der Waals surface area contributed by atoms with Gasteiger partial charge in [-0.25, -0.2) is 9.97 Å². The van der Waals surface area contributed by atoms with Crippen LogP contribution in [0.4, 0.5) is 17.2 Å². The number of carbonyl (C=O) groups excluding carboxylic acids is 1. The van der Waals surface area contributed by atoms with E-state index in [-0.39, 0.29) is 5.91 Å². The molecule has 0 bridgehead atoms. The third-order valence-corrected chi connectivity index (χ3v) is 7.89. The Morgan fingerprint density at radius 3 is 2.77 bits per heavy atom. The first kappa shape index (κ1) is 28.0. The van der Waals surface area contributed by atoms with E-state index in [4.69, 9.17) is 15.9 Å². The number of nitrogen functional groups attached to an aromatic ring is 1. The summed E-state index contributed by atoms with van der Waals surface area (Å²) in [6.45, 7) is 2.30. The van der Waals surface area contributed by atoms with Gasteiger partial charge in [-0.1, -0.05) is 37.3 Å². The van der Waals surface area contributed by atoms with Crippen LogP contribution in [0.2, 0.25) is 0 Å². The summed E-state index contributed by atoms with van der Waals surface area (Å²) in [6, 6.07) is 13.0. The average Bonchev–Trinajstić information content (AvgIpc) is 3.32. The first-order valence-corrected chi connectivity index (χ1v) is 13.6. The van der Waals surface area contributed by atoms with Gasteiger partial charge in [0.25, 0.3) is 0 Å². The van der Waals surface area contributed by atoms with Crippen LogP contribution in [0.5, 0.6) is 5.75 Å². The van der Waals surface area contributed by atoms with E-state index in [0.29, 0.717) is 29.3 Å². The predicted molar refractivity (Wildman–Crippen MR) is 157 cm³/mol. The van der Waals surface area contributed by atoms with Crippen molar-refractivity contribution in [3.63, 3.8) is 0 Å². The van der Waals surface area contributed by atoms with Crippen LogP contribution in [0.25, 0.3) is 10.2 Å². The Labute approximate surface area is 232 Å². The van der Waals surface area contributed by atoms with Gasteiger partial charge < -0.3 is 31.6 Å². The number of nitrogens with two attached hydrogens (primary N) is 1. The Morgan fingerprint density at radius 2 is 2.08 bits per heavy atom. The quantitative estimate of drug-likeness (QED) is 0.170. The summed E-state index contributed by atoms with van der Waals surface area (Å²) in [4.78, 5) is 22.4. The van der Waals surface area contributed by atoms with Crippen molar-refractivity contribution in [2.45, 2.75) is 38.7 Å². The minimum Gasteiger partial charge on any atom is -0.494 e. The number of nitrogens with zero attached hydrogens (tertiary/aromatic N) is 2. The summed E-state index contributed by atoms with van der Waals surface area (Å²) in [7, 11) is 3.12. The monoisotopic (exact) mass is 546 g/mol. The van der Waals surface area contributed by atoms with Crippen LogP contribution in [0, 0.1) is 11.3 Å². The molecule has 4 aromatic rings. The Morgan fingerprint density at radius 1 is 1.31 bits per heavy atom. The molecule has 0 aliphatic heterocycles. The molecule has 39 heavy (non-hydrogen) atoms. The number of ether oxygens (including phenoxy) is 1. The van der Waals surface area contributed by atoms with E-state index in [0.717, 1.165) is 40.1 Å². The second kappa shape index (κ2) is 12.7. The smallest absolute Gasteiger partial charge is 0.248 e. The van der Waals surface area contributed by atoms with Gasteiger partial charge in [-0.3, -0.25) is 4.79 Å². The maximum absolute atomic E-state index is 11.0. The SMILES string of the molecule is CNC(=O)[C@@H](O)Cc1ccccc1.COc1cc(N)c(C=N)cc1Nc1ncnc2sc3c(c12)CCC(C)C3. The zero-order valence-electron chi connectivity index (χ0n) is 22.3. The molecule has 204 valence electrons. The lowest BCUT2D eigenvalue weighted by Crippen LogP contribution is -2.33. The number of amides is 1. The number of aliphatic hydroxyl groups excluding tert-OH is 1. The molecule has 0 saturated carbocycles. The molecule has 1 aliphatic rings. The fraction of sp³-hybridized carbons (Fsp3) is 0.310. The van der Waals surface area contributed by atoms with E-state index in [9.17, 15) is 9.90 Å². The number of anilines is 3. The minimum atomic E-state index is -0.951. The number of hydrogen-bond donors (Lipinski definition) is 5. The number of thiophene rings is 1. The number of benzene rings is 2. The van der Waals surface area contributed by atoms with Gasteiger partial charge in [0.2, 0.25) is 5.91 Å². The molecule has 2 aromatic carbocycles. The van der Waals surface area contributed by atoms with E-state index < -0.39 is 6.10 Å². The number of methoxy groups -OCH3 is 1. The number of fused-ring (bicyclic) bond motifs is 3. The zero-order chi connectivity index (χ0) is 27.9. The van der Waals surface area contributed by atoms with Gasteiger partial charge in [-0.15, -0.1) is 11.3 Å². The van der Waals surface area contributed by atoms with E-state index in [1.54, 1.807) is 30.8 Å². The fourth-order valence-corrected chi connectivity index (χ4v) is 5.95. The van der Waals surface area contributed by atoms with Crippen LogP contribution in [0.15, 0.2) is 48.8 Å². The van der Waals surface area contributed by atoms with E-state index in [2.05, 4.69) is 27.5 Å². The molecule has 0 radical (unpaired) electrons. The van der Waals surface area contributed by atoms with Crippen molar-refractivity contribution in [1.29, 1.82) is 5.41 Å². The molecule has 10 heteroatoms. The highest BCUT2D eigenvalue weighted by molar-refractivity contribution is 7.19. The topological polar surface area (TPSA) is 146 Å². The summed E-state index contributed by atoms with van der Waals surface area (Å²) < 4.78 is 5.46. The van der Waals surface area contributed by atoms with Crippen molar-refractivity contribution < 1.29 is 14.6 Å². The number of nitrogens with one attached hydrogen (secondary N) is 3. The van der Waals surface area contributed by atoms with Crippen molar-refractivity contribution in [1.82, 2.24) is 15.3 Å². The molecule has 2 heterocycles. The minimum absolute atomic E-state index is 0.344. The number of hydrogen-bond acceptors (Lipinski definition) is 9. The van der Waals surface area contributed by atoms with Gasteiger partial charge in [-0.2, -0.15) is 0 Å². The van der Waals surface area contributed by atoms with Crippen LogP contribution in [0.3, 0.4) is 0 Å². The molecule has 1 unspecified atom stereocenters. The number of aryl methyl sites for hydroxylation is 1. The number of aromatic nitrogens is 2. The third kappa shape index (κ3) is 6.52. The average molecular weight is 547 g/mol. The number of aliphatic hydroxyl groups is 1. The van der Waals surface area contributed by atoms with E-state index in [1.807, 2.05) is 36.4 Å². The van der Waals surface area contributed by atoms with Crippen LogP contribution in [-0.2, 0) is 24.1 Å². The molecule has 0 spiro atoms. The molecule has 0 fully saturated rings. The predicted octanol–water partition coefficient (Wildman–Crippen LogP) is 4.48. The zero-order valence-corrected chi connectivity index (χ0v) is 23.1. The Balaban J connectivity index is 0.000000229. The largest absolute Gasteiger partial charge is 0.494 e. The molecule has 6 N–H and O–H groups in total. The molecular weight excluding hydrogens is 512 g/mol. The lowest BCUT2D eigenvalue weighted by Gasteiger charge is -2.18. The first-order valence-electron chi connectivity index (χ1n) is 12.8. The Bertz CT molecular complexity index is 1460. The van der Waals surface area contributed by atoms with Gasteiger partial charge in [0.05, 0.1) is 18.2 Å². The molecule has 2 atom stereocenters. The first-order chi connectivity index (χ1) is 18.8. The standard InChI is InChI=1S/C19H21N5OS.C10H13NO2/c1-10-3-4-12-16(5-10)26-19-17(12)18(22-9-23-19)24-14-6-11(8-20)13(21)7-15(14)25-2;1-11-10(13)9(12)7-8-5-3-2-4-6-8/h6-10,20H,3-5,21H2,1-2H3,(H,22,23,24);2-6,9,12H,7H2,1H3,(H,11,13)/t;9-/m.0/s1. The van der Waals surface area contributed by atoms with E-state index in [1.165, 1.54) is 30.1 Å². The lowest BCUT2D eigenvalue weighted by atomic mass is 9.89. The maximum atomic E-state index is 11.0. The number of rotatable bonds is 7. The highest BCUT2D eigenvalue weighted by Crippen LogP contribution is 2.41. The molecule has 1 amide bonds. The van der Waals surface area contributed by atoms with Crippen molar-refractivity contribution >= 4 is 50.9 Å². The molecule has 0 saturated heterocycles. The summed E-state index contributed by atoms with van der Waals surface area (Å²) in [6.07, 6.45) is 5.60. The van der Waals surface area contributed by atoms with E-state index >= 15 is 0 Å². The Hall–Kier alpha value is -4.02. The molecule has 9 nitrogen and oxygen atoms in total. The number of likely N-dealkylation sites (N-methyl/N-ethyl adjacent to an activating group) is 1. The van der Waals surface area contributed by atoms with Gasteiger partial charge in [0, 0.05) is 41.9 Å². The highest BCUT2D eigenvalue weighted by Gasteiger charge is 2.23. The highest BCUT2D eigenvalue weighted by atomic mass is 32.1. The Kier molecular flexibility index (Phi) is 9.11. The molecule has 1 aliphatic carbocycles. The number of carbonyl (C=O) groups is 1. The second-order valence-corrected chi connectivity index (χ2v) is 10.6. The maximum Gasteiger partial charge on any atom is 0.248 e. The third-order valence-electron chi connectivity index (χ3n) is 6.73. The van der Waals surface area contributed by atoms with Crippen molar-refractivity contribution in [2.24, 2.45) is 5.92 Å². The van der Waals surface area contributed by atoms with Crippen molar-refractivity contribution in [3.8, 4) is 5.75 Å².